The largest absolute Gasteiger partial charge is 0.373 e. The third kappa shape index (κ3) is 2.32. The number of ether oxygens (including phenoxy) is 1. The number of pyridine rings is 1. The van der Waals surface area contributed by atoms with Gasteiger partial charge in [-0.25, -0.2) is 4.98 Å². The molecule has 4 heterocycles. The minimum Gasteiger partial charge on any atom is -0.373 e. The highest BCUT2D eigenvalue weighted by Crippen LogP contribution is 2.23. The van der Waals surface area contributed by atoms with Gasteiger partial charge >= 0.3 is 0 Å². The third-order valence-electron chi connectivity index (χ3n) is 3.53. The predicted molar refractivity (Wildman–Crippen MR) is 76.0 cm³/mol. The number of nitrogens with zero attached hydrogens (tertiary/aromatic N) is 8. The van der Waals surface area contributed by atoms with Gasteiger partial charge in [-0.2, -0.15) is 10.4 Å². The molecule has 0 aromatic carbocycles. The van der Waals surface area contributed by atoms with E-state index in [0.717, 1.165) is 16.9 Å². The summed E-state index contributed by atoms with van der Waals surface area (Å²) in [5, 5.41) is 28.0. The Kier molecular flexibility index (Phi) is 3.24. The van der Waals surface area contributed by atoms with Gasteiger partial charge in [-0.15, -0.1) is 20.4 Å². The van der Waals surface area contributed by atoms with Crippen LogP contribution < -0.4 is 0 Å². The van der Waals surface area contributed by atoms with Crippen LogP contribution in [0.4, 0.5) is 0 Å². The van der Waals surface area contributed by atoms with Crippen molar-refractivity contribution in [2.24, 2.45) is 0 Å². The van der Waals surface area contributed by atoms with E-state index < -0.39 is 0 Å². The number of fused-ring (bicyclic) bond motifs is 1. The Morgan fingerprint density at radius 1 is 1.22 bits per heavy atom. The zero-order chi connectivity index (χ0) is 15.6. The SMILES string of the molecule is COC(Cc1cccn2c(-c3nn[nH]n3)cnc12)c1nn[nH]n1. The normalized spacial score (nSPS) is 12.7. The molecule has 0 aliphatic rings. The van der Waals surface area contributed by atoms with Crippen LogP contribution in [0.1, 0.15) is 17.5 Å². The lowest BCUT2D eigenvalue weighted by Gasteiger charge is -2.12. The number of rotatable bonds is 5. The topological polar surface area (TPSA) is 135 Å². The fourth-order valence-electron chi connectivity index (χ4n) is 2.45. The maximum Gasteiger partial charge on any atom is 0.222 e. The molecule has 116 valence electrons. The van der Waals surface area contributed by atoms with E-state index >= 15 is 0 Å². The summed E-state index contributed by atoms with van der Waals surface area (Å²) in [6.45, 7) is 0. The van der Waals surface area contributed by atoms with Crippen LogP contribution in [0.3, 0.4) is 0 Å². The molecule has 1 atom stereocenters. The highest BCUT2D eigenvalue weighted by Gasteiger charge is 2.19. The molecule has 23 heavy (non-hydrogen) atoms. The van der Waals surface area contributed by atoms with E-state index in [-0.39, 0.29) is 6.10 Å². The molecule has 0 saturated carbocycles. The van der Waals surface area contributed by atoms with Crippen molar-refractivity contribution in [2.75, 3.05) is 7.11 Å². The second-order valence-electron chi connectivity index (χ2n) is 4.80. The molecule has 2 N–H and O–H groups in total. The van der Waals surface area contributed by atoms with Crippen LogP contribution in [0, 0.1) is 0 Å². The second kappa shape index (κ2) is 5.53. The number of nitrogens with one attached hydrogen (secondary N) is 2. The number of tetrazole rings is 2. The van der Waals surface area contributed by atoms with Gasteiger partial charge in [0.05, 0.1) is 6.20 Å². The predicted octanol–water partition coefficient (Wildman–Crippen LogP) is -0.0423. The minimum absolute atomic E-state index is 0.315. The number of H-pyrrole nitrogens is 2. The molecule has 0 amide bonds. The van der Waals surface area contributed by atoms with Gasteiger partial charge < -0.3 is 4.74 Å². The van der Waals surface area contributed by atoms with Gasteiger partial charge in [0, 0.05) is 19.7 Å². The number of hydrogen-bond donors (Lipinski definition) is 2. The molecular weight excluding hydrogens is 300 g/mol. The first-order valence-corrected chi connectivity index (χ1v) is 6.81. The Morgan fingerprint density at radius 2 is 2.09 bits per heavy atom. The quantitative estimate of drug-likeness (QED) is 0.524. The van der Waals surface area contributed by atoms with Gasteiger partial charge in [-0.05, 0) is 16.8 Å². The Morgan fingerprint density at radius 3 is 2.83 bits per heavy atom. The zero-order valence-electron chi connectivity index (χ0n) is 12.1. The van der Waals surface area contributed by atoms with Crippen LogP contribution in [0.15, 0.2) is 24.5 Å². The first-order chi connectivity index (χ1) is 11.4. The number of methoxy groups -OCH3 is 1. The molecule has 0 saturated heterocycles. The number of aromatic amines is 2. The van der Waals surface area contributed by atoms with Crippen molar-refractivity contribution in [3.05, 3.63) is 35.9 Å². The van der Waals surface area contributed by atoms with Crippen molar-refractivity contribution in [1.82, 2.24) is 50.6 Å². The van der Waals surface area contributed by atoms with E-state index in [9.17, 15) is 0 Å². The number of aromatic nitrogens is 10. The molecule has 0 fully saturated rings. The zero-order valence-corrected chi connectivity index (χ0v) is 12.1. The fourth-order valence-corrected chi connectivity index (χ4v) is 2.45. The van der Waals surface area contributed by atoms with E-state index in [1.165, 1.54) is 0 Å². The van der Waals surface area contributed by atoms with Crippen LogP contribution in [0.5, 0.6) is 0 Å². The Bertz CT molecular complexity index is 897. The average Bonchev–Trinajstić information content (AvgIpc) is 3.32. The minimum atomic E-state index is -0.315. The van der Waals surface area contributed by atoms with E-state index in [4.69, 9.17) is 4.74 Å². The van der Waals surface area contributed by atoms with Gasteiger partial charge in [-0.1, -0.05) is 11.3 Å². The van der Waals surface area contributed by atoms with Crippen molar-refractivity contribution < 1.29 is 4.74 Å². The van der Waals surface area contributed by atoms with Crippen molar-refractivity contribution in [2.45, 2.75) is 12.5 Å². The lowest BCUT2D eigenvalue weighted by molar-refractivity contribution is 0.0963. The van der Waals surface area contributed by atoms with Gasteiger partial charge in [0.25, 0.3) is 0 Å². The van der Waals surface area contributed by atoms with Gasteiger partial charge in [0.2, 0.25) is 11.6 Å². The average molecular weight is 312 g/mol. The molecule has 4 rings (SSSR count). The smallest absolute Gasteiger partial charge is 0.222 e. The van der Waals surface area contributed by atoms with Crippen LogP contribution in [0.25, 0.3) is 17.2 Å². The van der Waals surface area contributed by atoms with Crippen molar-refractivity contribution >= 4 is 5.65 Å². The summed E-state index contributed by atoms with van der Waals surface area (Å²) in [6, 6.07) is 3.91. The summed E-state index contributed by atoms with van der Waals surface area (Å²) in [6.07, 6.45) is 3.85. The van der Waals surface area contributed by atoms with Crippen LogP contribution in [-0.4, -0.2) is 57.7 Å². The van der Waals surface area contributed by atoms with E-state index in [1.807, 2.05) is 22.7 Å². The van der Waals surface area contributed by atoms with E-state index in [2.05, 4.69) is 46.2 Å². The number of hydrogen-bond acceptors (Lipinski definition) is 8. The van der Waals surface area contributed by atoms with Gasteiger partial charge in [0.15, 0.2) is 0 Å². The third-order valence-corrected chi connectivity index (χ3v) is 3.53. The maximum absolute atomic E-state index is 5.46. The molecular formula is C12H12N10O. The van der Waals surface area contributed by atoms with Crippen molar-refractivity contribution in [3.8, 4) is 11.5 Å². The van der Waals surface area contributed by atoms with Crippen LogP contribution >= 0.6 is 0 Å². The summed E-state index contributed by atoms with van der Waals surface area (Å²) in [4.78, 5) is 4.46. The molecule has 4 aromatic rings. The summed E-state index contributed by atoms with van der Waals surface area (Å²) < 4.78 is 7.37. The van der Waals surface area contributed by atoms with E-state index in [1.54, 1.807) is 13.3 Å². The monoisotopic (exact) mass is 312 g/mol. The number of imidazole rings is 1. The lowest BCUT2D eigenvalue weighted by Crippen LogP contribution is -2.08. The molecule has 11 heteroatoms. The highest BCUT2D eigenvalue weighted by atomic mass is 16.5. The van der Waals surface area contributed by atoms with Gasteiger partial charge in [-0.3, -0.25) is 4.40 Å². The van der Waals surface area contributed by atoms with Gasteiger partial charge in [0.1, 0.15) is 17.4 Å². The fraction of sp³-hybridized carbons (Fsp3) is 0.250. The van der Waals surface area contributed by atoms with Crippen molar-refractivity contribution in [1.29, 1.82) is 0 Å². The maximum atomic E-state index is 5.46. The molecule has 4 aromatic heterocycles. The Labute approximate surface area is 129 Å². The first-order valence-electron chi connectivity index (χ1n) is 6.81. The molecule has 0 bridgehead atoms. The summed E-state index contributed by atoms with van der Waals surface area (Å²) in [7, 11) is 1.61. The molecule has 0 radical (unpaired) electrons. The molecule has 1 unspecified atom stereocenters. The van der Waals surface area contributed by atoms with Crippen LogP contribution in [-0.2, 0) is 11.2 Å². The highest BCUT2D eigenvalue weighted by molar-refractivity contribution is 5.59. The lowest BCUT2D eigenvalue weighted by atomic mass is 10.1. The van der Waals surface area contributed by atoms with Crippen LogP contribution in [0.2, 0.25) is 0 Å². The first kappa shape index (κ1) is 13.5. The summed E-state index contributed by atoms with van der Waals surface area (Å²) >= 11 is 0. The molecule has 11 nitrogen and oxygen atoms in total. The van der Waals surface area contributed by atoms with Crippen molar-refractivity contribution in [3.63, 3.8) is 0 Å². The molecule has 0 aliphatic carbocycles. The Balaban J connectivity index is 1.73. The van der Waals surface area contributed by atoms with E-state index in [0.29, 0.717) is 18.1 Å². The molecule has 0 spiro atoms. The Hall–Kier alpha value is -3.21. The second-order valence-corrected chi connectivity index (χ2v) is 4.80. The summed E-state index contributed by atoms with van der Waals surface area (Å²) in [5.41, 5.74) is 2.53. The summed E-state index contributed by atoms with van der Waals surface area (Å²) in [5.74, 6) is 0.982. The molecule has 0 aliphatic heterocycles. The standard InChI is InChI=1S/C12H12N10O/c1-23-9(11-16-20-21-17-11)5-7-3-2-4-22-8(6-13-12(7)22)10-14-18-19-15-10/h2-4,6,9H,5H2,1H3,(H,14,15,18,19)(H,16,17,20,21).